The van der Waals surface area contributed by atoms with Gasteiger partial charge in [0.2, 0.25) is 5.58 Å². The molecule has 0 fully saturated rings. The molecule has 2 unspecified atom stereocenters. The number of aromatic nitrogens is 1. The smallest absolute Gasteiger partial charge is 0.295 e. The molecule has 274 valence electrons. The van der Waals surface area contributed by atoms with Gasteiger partial charge >= 0.3 is 0 Å². The summed E-state index contributed by atoms with van der Waals surface area (Å²) >= 11 is 0. The number of anilines is 3. The number of rotatable bonds is 4. The maximum atomic E-state index is 15.0. The van der Waals surface area contributed by atoms with E-state index in [4.69, 9.17) is 4.42 Å². The predicted molar refractivity (Wildman–Crippen MR) is 236 cm³/mol. The minimum Gasteiger partial charge on any atom is -0.450 e. The summed E-state index contributed by atoms with van der Waals surface area (Å²) in [5, 5.41) is 1.86. The third-order valence-electron chi connectivity index (χ3n) is 12.6. The zero-order chi connectivity index (χ0) is 38.4. The molecule has 0 saturated carbocycles. The molecule has 1 spiro atoms. The Bertz CT molecular complexity index is 3210. The first-order chi connectivity index (χ1) is 28.7. The van der Waals surface area contributed by atoms with Gasteiger partial charge in [-0.25, -0.2) is 0 Å². The van der Waals surface area contributed by atoms with Gasteiger partial charge in [-0.05, 0) is 87.3 Å². The van der Waals surface area contributed by atoms with E-state index in [-0.39, 0.29) is 11.6 Å². The largest absolute Gasteiger partial charge is 0.450 e. The lowest BCUT2D eigenvalue weighted by Gasteiger charge is -2.52. The number of para-hydroxylation sites is 2. The lowest BCUT2D eigenvalue weighted by molar-refractivity contribution is 0.482. The lowest BCUT2D eigenvalue weighted by atomic mass is 9.57. The summed E-state index contributed by atoms with van der Waals surface area (Å²) in [4.78, 5) is 17.5. The monoisotopic (exact) mass is 744 g/mol. The minimum atomic E-state index is -0.724. The highest BCUT2D eigenvalue weighted by molar-refractivity contribution is 6.08. The number of allylic oxidation sites excluding steroid dienone is 4. The molecule has 0 bridgehead atoms. The molecule has 0 radical (unpaired) electrons. The molecule has 58 heavy (non-hydrogen) atoms. The Hall–Kier alpha value is -7.43. The molecule has 1 aliphatic carbocycles. The van der Waals surface area contributed by atoms with Crippen LogP contribution in [0.25, 0.3) is 55.4 Å². The van der Waals surface area contributed by atoms with E-state index < -0.39 is 5.41 Å². The van der Waals surface area contributed by atoms with Crippen molar-refractivity contribution in [2.24, 2.45) is 0 Å². The number of nitrogens with zero attached hydrogens (tertiary/aromatic N) is 2. The van der Waals surface area contributed by atoms with Gasteiger partial charge in [0.1, 0.15) is 5.76 Å². The van der Waals surface area contributed by atoms with Gasteiger partial charge in [-0.3, -0.25) is 9.36 Å². The summed E-state index contributed by atoms with van der Waals surface area (Å²) in [7, 11) is 0. The summed E-state index contributed by atoms with van der Waals surface area (Å²) in [5.41, 5.74) is 14.1. The Kier molecular flexibility index (Phi) is 7.09. The molecule has 7 aromatic carbocycles. The molecule has 2 aliphatic heterocycles. The molecule has 2 aromatic heterocycles. The fourth-order valence-electron chi connectivity index (χ4n) is 10.1. The summed E-state index contributed by atoms with van der Waals surface area (Å²) in [6.45, 7) is 0. The van der Waals surface area contributed by atoms with Crippen molar-refractivity contribution in [2.75, 3.05) is 4.90 Å². The SMILES string of the molecule is O=c1c2oc(-c3ccccc3)cc2c2cccc3c2n1C1CC=CC=C1C31c2ccccc2N(c2ccc(-c3ccccc3)cc2)c2ccc(-c3ccccc3)cc21. The Morgan fingerprint density at radius 1 is 0.534 bits per heavy atom. The fourth-order valence-corrected chi connectivity index (χ4v) is 10.1. The van der Waals surface area contributed by atoms with Crippen LogP contribution in [-0.4, -0.2) is 4.57 Å². The maximum Gasteiger partial charge on any atom is 0.295 e. The molecule has 3 aliphatic rings. The quantitative estimate of drug-likeness (QED) is 0.180. The first kappa shape index (κ1) is 32.8. The highest BCUT2D eigenvalue weighted by Crippen LogP contribution is 2.63. The van der Waals surface area contributed by atoms with Gasteiger partial charge in [0.05, 0.1) is 28.3 Å². The number of fused-ring (bicyclic) bond motifs is 10. The zero-order valence-electron chi connectivity index (χ0n) is 31.5. The number of hydrogen-bond donors (Lipinski definition) is 0. The molecule has 2 atom stereocenters. The van der Waals surface area contributed by atoms with Crippen LogP contribution in [-0.2, 0) is 5.41 Å². The van der Waals surface area contributed by atoms with Crippen LogP contribution in [0.2, 0.25) is 0 Å². The van der Waals surface area contributed by atoms with Crippen molar-refractivity contribution >= 4 is 38.9 Å². The van der Waals surface area contributed by atoms with Crippen LogP contribution < -0.4 is 10.5 Å². The molecular weight excluding hydrogens is 709 g/mol. The van der Waals surface area contributed by atoms with Crippen LogP contribution in [0.1, 0.15) is 29.2 Å². The standard InChI is InChI=1S/C54H36N2O2/c57-53-52-42(34-50(58-52)38-19-8-3-9-20-38)41-21-14-24-45-51(41)56(53)48-26-13-11-23-44(48)54(45)43-22-10-12-25-47(43)55(40-30-27-37(28-31-40)35-15-4-1-5-16-35)49-32-29-39(33-46(49)54)36-17-6-2-7-18-36/h1-25,27-34,48H,26H2. The summed E-state index contributed by atoms with van der Waals surface area (Å²) in [6, 6.07) is 64.5. The zero-order valence-corrected chi connectivity index (χ0v) is 31.5. The number of pyridine rings is 1. The van der Waals surface area contributed by atoms with Crippen LogP contribution >= 0.6 is 0 Å². The van der Waals surface area contributed by atoms with Gasteiger partial charge in [-0.15, -0.1) is 0 Å². The topological polar surface area (TPSA) is 38.4 Å². The molecule has 12 rings (SSSR count). The minimum absolute atomic E-state index is 0.0966. The Balaban J connectivity index is 1.19. The van der Waals surface area contributed by atoms with Crippen molar-refractivity contribution in [3.05, 3.63) is 233 Å². The van der Waals surface area contributed by atoms with E-state index >= 15 is 4.79 Å². The van der Waals surface area contributed by atoms with Gasteiger partial charge < -0.3 is 9.32 Å². The van der Waals surface area contributed by atoms with Crippen molar-refractivity contribution in [3.63, 3.8) is 0 Å². The van der Waals surface area contributed by atoms with Crippen LogP contribution in [0.4, 0.5) is 17.1 Å². The third-order valence-corrected chi connectivity index (χ3v) is 12.6. The van der Waals surface area contributed by atoms with Crippen molar-refractivity contribution in [1.29, 1.82) is 0 Å². The maximum absolute atomic E-state index is 15.0. The molecular formula is C54H36N2O2. The Morgan fingerprint density at radius 2 is 1.16 bits per heavy atom. The molecule has 9 aromatic rings. The lowest BCUT2D eigenvalue weighted by Crippen LogP contribution is -2.46. The second kappa shape index (κ2) is 12.5. The van der Waals surface area contributed by atoms with Crippen LogP contribution in [0.3, 0.4) is 0 Å². The second-order valence-electron chi connectivity index (χ2n) is 15.5. The highest BCUT2D eigenvalue weighted by atomic mass is 16.3. The van der Waals surface area contributed by atoms with Gasteiger partial charge in [0, 0.05) is 22.0 Å². The van der Waals surface area contributed by atoms with Crippen molar-refractivity contribution in [1.82, 2.24) is 4.57 Å². The van der Waals surface area contributed by atoms with Gasteiger partial charge in [0.25, 0.3) is 5.56 Å². The van der Waals surface area contributed by atoms with E-state index in [1.54, 1.807) is 0 Å². The average Bonchev–Trinajstić information content (AvgIpc) is 3.76. The molecule has 4 nitrogen and oxygen atoms in total. The van der Waals surface area contributed by atoms with E-state index in [1.807, 2.05) is 34.9 Å². The van der Waals surface area contributed by atoms with Gasteiger partial charge in [0.15, 0.2) is 0 Å². The van der Waals surface area contributed by atoms with E-state index in [1.165, 1.54) is 27.8 Å². The fraction of sp³-hybridized carbons (Fsp3) is 0.0556. The molecule has 0 N–H and O–H groups in total. The van der Waals surface area contributed by atoms with Crippen molar-refractivity contribution in [2.45, 2.75) is 17.9 Å². The van der Waals surface area contributed by atoms with Crippen LogP contribution in [0.5, 0.6) is 0 Å². The second-order valence-corrected chi connectivity index (χ2v) is 15.5. The summed E-state index contributed by atoms with van der Waals surface area (Å²) in [6.07, 6.45) is 7.35. The number of furan rings is 1. The van der Waals surface area contributed by atoms with E-state index in [9.17, 15) is 0 Å². The number of hydrogen-bond acceptors (Lipinski definition) is 3. The van der Waals surface area contributed by atoms with Crippen molar-refractivity contribution < 1.29 is 4.42 Å². The molecule has 0 saturated heterocycles. The molecule has 4 heteroatoms. The Morgan fingerprint density at radius 3 is 1.91 bits per heavy atom. The third kappa shape index (κ3) is 4.54. The van der Waals surface area contributed by atoms with E-state index in [0.717, 1.165) is 55.6 Å². The van der Waals surface area contributed by atoms with Gasteiger partial charge in [-0.2, -0.15) is 0 Å². The van der Waals surface area contributed by atoms with Gasteiger partial charge in [-0.1, -0.05) is 164 Å². The first-order valence-electron chi connectivity index (χ1n) is 20.0. The van der Waals surface area contributed by atoms with Crippen LogP contribution in [0, 0.1) is 0 Å². The van der Waals surface area contributed by atoms with E-state index in [0.29, 0.717) is 17.8 Å². The molecule has 4 heterocycles. The highest BCUT2D eigenvalue weighted by Gasteiger charge is 2.53. The van der Waals surface area contributed by atoms with Crippen LogP contribution in [0.15, 0.2) is 215 Å². The predicted octanol–water partition coefficient (Wildman–Crippen LogP) is 13.3. The Labute approximate surface area is 335 Å². The normalized spacial score (nSPS) is 17.6. The first-order valence-corrected chi connectivity index (χ1v) is 20.0. The van der Waals surface area contributed by atoms with Crippen molar-refractivity contribution in [3.8, 4) is 33.6 Å². The average molecular weight is 745 g/mol. The van der Waals surface area contributed by atoms with E-state index in [2.05, 4.69) is 175 Å². The molecule has 0 amide bonds. The number of benzene rings is 7. The summed E-state index contributed by atoms with van der Waals surface area (Å²) in [5.74, 6) is 0.695. The summed E-state index contributed by atoms with van der Waals surface area (Å²) < 4.78 is 8.56.